The third kappa shape index (κ3) is 4.99. The smallest absolute Gasteiger partial charge is 0.0178 e. The van der Waals surface area contributed by atoms with Crippen LogP contribution in [0.3, 0.4) is 0 Å². The maximum atomic E-state index is 5.40. The van der Waals surface area contributed by atoms with Crippen LogP contribution in [0.4, 0.5) is 0 Å². The Morgan fingerprint density at radius 3 is 1.53 bits per heavy atom. The Labute approximate surface area is 91.6 Å². The monoisotopic (exact) mass is 199 g/mol. The summed E-state index contributed by atoms with van der Waals surface area (Å²) in [6.07, 6.45) is 0. The predicted octanol–water partition coefficient (Wildman–Crippen LogP) is 3.14. The Kier molecular flexibility index (Phi) is 5.20. The predicted molar refractivity (Wildman–Crippen MR) is 65.5 cm³/mol. The third-order valence-electron chi connectivity index (χ3n) is 2.02. The zero-order chi connectivity index (χ0) is 10.9. The first-order valence-corrected chi connectivity index (χ1v) is 5.08. The highest BCUT2D eigenvalue weighted by Gasteiger charge is 1.85. The van der Waals surface area contributed by atoms with Crippen LogP contribution in [0.25, 0.3) is 0 Å². The van der Waals surface area contributed by atoms with Crippen LogP contribution in [0.15, 0.2) is 60.7 Å². The van der Waals surface area contributed by atoms with Crippen LogP contribution in [0.5, 0.6) is 0 Å². The molecule has 2 aromatic rings. The van der Waals surface area contributed by atoms with E-state index in [1.807, 2.05) is 36.4 Å². The highest BCUT2D eigenvalue weighted by atomic mass is 14.5. The maximum Gasteiger partial charge on any atom is 0.0178 e. The summed E-state index contributed by atoms with van der Waals surface area (Å²) < 4.78 is 0. The topological polar surface area (TPSA) is 26.0 Å². The van der Waals surface area contributed by atoms with Gasteiger partial charge in [0, 0.05) is 6.54 Å². The van der Waals surface area contributed by atoms with Crippen molar-refractivity contribution in [2.75, 3.05) is 0 Å². The quantitative estimate of drug-likeness (QED) is 0.750. The van der Waals surface area contributed by atoms with E-state index in [2.05, 4.69) is 31.2 Å². The minimum Gasteiger partial charge on any atom is -0.326 e. The van der Waals surface area contributed by atoms with Crippen molar-refractivity contribution in [1.29, 1.82) is 0 Å². The summed E-state index contributed by atoms with van der Waals surface area (Å²) in [5.41, 5.74) is 7.88. The summed E-state index contributed by atoms with van der Waals surface area (Å²) in [6, 6.07) is 20.2. The minimum absolute atomic E-state index is 0.639. The lowest BCUT2D eigenvalue weighted by molar-refractivity contribution is 1.07. The molecule has 0 bridgehead atoms. The number of hydrogen-bond acceptors (Lipinski definition) is 1. The fraction of sp³-hybridized carbons (Fsp3) is 0.143. The van der Waals surface area contributed by atoms with E-state index in [1.165, 1.54) is 11.1 Å². The van der Waals surface area contributed by atoms with Crippen LogP contribution < -0.4 is 5.73 Å². The second kappa shape index (κ2) is 6.80. The molecule has 2 rings (SSSR count). The summed E-state index contributed by atoms with van der Waals surface area (Å²) in [4.78, 5) is 0. The molecule has 0 fully saturated rings. The van der Waals surface area contributed by atoms with E-state index >= 15 is 0 Å². The number of rotatable bonds is 1. The van der Waals surface area contributed by atoms with Crippen molar-refractivity contribution in [3.63, 3.8) is 0 Å². The van der Waals surface area contributed by atoms with Crippen molar-refractivity contribution in [3.8, 4) is 0 Å². The van der Waals surface area contributed by atoms with E-state index < -0.39 is 0 Å². The van der Waals surface area contributed by atoms with Crippen molar-refractivity contribution >= 4 is 0 Å². The Hall–Kier alpha value is -1.60. The summed E-state index contributed by atoms with van der Waals surface area (Å²) in [5.74, 6) is 0. The molecule has 2 aromatic carbocycles. The van der Waals surface area contributed by atoms with Gasteiger partial charge in [0.2, 0.25) is 0 Å². The van der Waals surface area contributed by atoms with Gasteiger partial charge < -0.3 is 5.73 Å². The van der Waals surface area contributed by atoms with Gasteiger partial charge in [0.1, 0.15) is 0 Å². The van der Waals surface area contributed by atoms with Crippen LogP contribution in [0.1, 0.15) is 11.1 Å². The molecule has 0 aliphatic rings. The second-order valence-corrected chi connectivity index (χ2v) is 3.34. The lowest BCUT2D eigenvalue weighted by Crippen LogP contribution is -1.94. The Morgan fingerprint density at radius 1 is 0.800 bits per heavy atom. The van der Waals surface area contributed by atoms with Gasteiger partial charge in [-0.2, -0.15) is 0 Å². The molecular weight excluding hydrogens is 182 g/mol. The average Bonchev–Trinajstić information content (AvgIpc) is 2.33. The van der Waals surface area contributed by atoms with Crippen molar-refractivity contribution in [3.05, 3.63) is 71.8 Å². The van der Waals surface area contributed by atoms with E-state index in [-0.39, 0.29) is 0 Å². The highest BCUT2D eigenvalue weighted by molar-refractivity contribution is 5.20. The fourth-order valence-corrected chi connectivity index (χ4v) is 1.11. The van der Waals surface area contributed by atoms with Crippen molar-refractivity contribution < 1.29 is 0 Å². The molecule has 15 heavy (non-hydrogen) atoms. The average molecular weight is 199 g/mol. The zero-order valence-corrected chi connectivity index (χ0v) is 9.06. The standard InChI is InChI=1S/C8H11N.C6H6/c1-7-2-4-8(6-9)5-3-7;1-2-4-6-5-3-1/h2-5H,6,9H2,1H3;1-6H. The Bertz CT molecular complexity index is 324. The highest BCUT2D eigenvalue weighted by Crippen LogP contribution is 2.00. The van der Waals surface area contributed by atoms with E-state index in [1.54, 1.807) is 0 Å². The lowest BCUT2D eigenvalue weighted by atomic mass is 10.2. The minimum atomic E-state index is 0.639. The summed E-state index contributed by atoms with van der Waals surface area (Å²) >= 11 is 0. The first-order chi connectivity index (χ1) is 7.33. The number of benzene rings is 2. The van der Waals surface area contributed by atoms with Crippen LogP contribution in [0.2, 0.25) is 0 Å². The SMILES string of the molecule is Cc1ccc(CN)cc1.c1ccccc1. The van der Waals surface area contributed by atoms with Gasteiger partial charge in [-0.1, -0.05) is 66.2 Å². The summed E-state index contributed by atoms with van der Waals surface area (Å²) in [7, 11) is 0. The summed E-state index contributed by atoms with van der Waals surface area (Å²) in [5, 5.41) is 0. The van der Waals surface area contributed by atoms with Gasteiger partial charge in [-0.15, -0.1) is 0 Å². The van der Waals surface area contributed by atoms with Crippen LogP contribution in [-0.4, -0.2) is 0 Å². The maximum absolute atomic E-state index is 5.40. The van der Waals surface area contributed by atoms with Crippen molar-refractivity contribution in [2.45, 2.75) is 13.5 Å². The van der Waals surface area contributed by atoms with E-state index in [0.717, 1.165) is 0 Å². The molecule has 78 valence electrons. The molecule has 0 heterocycles. The molecule has 0 saturated heterocycles. The van der Waals surface area contributed by atoms with E-state index in [0.29, 0.717) is 6.54 Å². The normalized spacial score (nSPS) is 8.93. The molecule has 1 heteroatoms. The third-order valence-corrected chi connectivity index (χ3v) is 2.02. The molecule has 0 spiro atoms. The van der Waals surface area contributed by atoms with Gasteiger partial charge in [0.25, 0.3) is 0 Å². The van der Waals surface area contributed by atoms with Crippen LogP contribution >= 0.6 is 0 Å². The molecule has 0 saturated carbocycles. The van der Waals surface area contributed by atoms with Gasteiger partial charge in [-0.25, -0.2) is 0 Å². The zero-order valence-electron chi connectivity index (χ0n) is 9.06. The van der Waals surface area contributed by atoms with E-state index in [9.17, 15) is 0 Å². The molecule has 0 atom stereocenters. The molecule has 1 nitrogen and oxygen atoms in total. The second-order valence-electron chi connectivity index (χ2n) is 3.34. The van der Waals surface area contributed by atoms with Crippen LogP contribution in [-0.2, 0) is 6.54 Å². The molecule has 0 unspecified atom stereocenters. The Balaban J connectivity index is 0.000000162. The number of nitrogens with two attached hydrogens (primary N) is 1. The van der Waals surface area contributed by atoms with E-state index in [4.69, 9.17) is 5.73 Å². The first-order valence-electron chi connectivity index (χ1n) is 5.08. The lowest BCUT2D eigenvalue weighted by Gasteiger charge is -1.94. The summed E-state index contributed by atoms with van der Waals surface area (Å²) in [6.45, 7) is 2.71. The van der Waals surface area contributed by atoms with Gasteiger partial charge in [0.05, 0.1) is 0 Å². The van der Waals surface area contributed by atoms with Gasteiger partial charge in [-0.05, 0) is 12.5 Å². The molecule has 0 radical (unpaired) electrons. The molecule has 0 aliphatic heterocycles. The fourth-order valence-electron chi connectivity index (χ4n) is 1.11. The van der Waals surface area contributed by atoms with Crippen molar-refractivity contribution in [2.24, 2.45) is 5.73 Å². The molecule has 0 amide bonds. The number of aryl methyl sites for hydroxylation is 1. The molecule has 0 aromatic heterocycles. The van der Waals surface area contributed by atoms with Gasteiger partial charge in [-0.3, -0.25) is 0 Å². The Morgan fingerprint density at radius 2 is 1.20 bits per heavy atom. The molecule has 0 aliphatic carbocycles. The largest absolute Gasteiger partial charge is 0.326 e. The molecule has 2 N–H and O–H groups in total. The van der Waals surface area contributed by atoms with Crippen molar-refractivity contribution in [1.82, 2.24) is 0 Å². The van der Waals surface area contributed by atoms with Gasteiger partial charge in [0.15, 0.2) is 0 Å². The number of hydrogen-bond donors (Lipinski definition) is 1. The first kappa shape index (κ1) is 11.5. The molecular formula is C14H17N. The van der Waals surface area contributed by atoms with Gasteiger partial charge >= 0.3 is 0 Å². The van der Waals surface area contributed by atoms with Crippen LogP contribution in [0, 0.1) is 6.92 Å².